The summed E-state index contributed by atoms with van der Waals surface area (Å²) in [4.78, 5) is 20.4. The maximum Gasteiger partial charge on any atom is 0.376 e. The molecule has 1 aromatic heterocycles. The van der Waals surface area contributed by atoms with Gasteiger partial charge in [-0.25, -0.2) is 14.8 Å². The second-order valence-corrected chi connectivity index (χ2v) is 9.04. The molecule has 0 N–H and O–H groups in total. The van der Waals surface area contributed by atoms with Gasteiger partial charge in [0.1, 0.15) is 0 Å². The number of aromatic nitrogens is 2. The lowest BCUT2D eigenvalue weighted by molar-refractivity contribution is 0.0483. The lowest BCUT2D eigenvalue weighted by Gasteiger charge is -2.32. The van der Waals surface area contributed by atoms with Crippen LogP contribution >= 0.6 is 0 Å². The van der Waals surface area contributed by atoms with Crippen LogP contribution in [-0.2, 0) is 4.74 Å². The van der Waals surface area contributed by atoms with E-state index >= 15 is 0 Å². The van der Waals surface area contributed by atoms with E-state index in [4.69, 9.17) is 4.74 Å². The van der Waals surface area contributed by atoms with Crippen LogP contribution in [0.5, 0.6) is 0 Å². The molecule has 0 fully saturated rings. The van der Waals surface area contributed by atoms with Gasteiger partial charge in [-0.15, -0.1) is 0 Å². The van der Waals surface area contributed by atoms with E-state index in [-0.39, 0.29) is 11.2 Å². The SMILES string of the molecule is CCCCCCCOC(=O)c1ncc(/C=C(\C)C=CC2=C(C)CCCC2(C)C)cn1. The summed E-state index contributed by atoms with van der Waals surface area (Å²) in [6.45, 7) is 11.6. The Hall–Kier alpha value is -2.23. The number of carbonyl (C=O) groups is 1. The van der Waals surface area contributed by atoms with Crippen LogP contribution in [-0.4, -0.2) is 22.5 Å². The van der Waals surface area contributed by atoms with Gasteiger partial charge in [0, 0.05) is 18.0 Å². The van der Waals surface area contributed by atoms with Crippen molar-refractivity contribution in [3.8, 4) is 0 Å². The number of rotatable bonds is 10. The molecule has 1 heterocycles. The van der Waals surface area contributed by atoms with Crippen molar-refractivity contribution in [1.82, 2.24) is 9.97 Å². The molecule has 1 aliphatic carbocycles. The summed E-state index contributed by atoms with van der Waals surface area (Å²) in [5.41, 5.74) is 5.18. The first kappa shape index (κ1) is 24.0. The van der Waals surface area contributed by atoms with Gasteiger partial charge in [0.15, 0.2) is 0 Å². The summed E-state index contributed by atoms with van der Waals surface area (Å²) < 4.78 is 5.27. The number of esters is 1. The molecule has 0 atom stereocenters. The van der Waals surface area contributed by atoms with Crippen molar-refractivity contribution in [3.63, 3.8) is 0 Å². The fraction of sp³-hybridized carbons (Fsp3) is 0.577. The Morgan fingerprint density at radius 1 is 1.17 bits per heavy atom. The first-order valence-electron chi connectivity index (χ1n) is 11.4. The van der Waals surface area contributed by atoms with E-state index in [2.05, 4.69) is 56.7 Å². The highest BCUT2D eigenvalue weighted by atomic mass is 16.5. The number of unbranched alkanes of at least 4 members (excludes halogenated alkanes) is 4. The van der Waals surface area contributed by atoms with Gasteiger partial charge in [0.25, 0.3) is 0 Å². The molecule has 0 aromatic carbocycles. The fourth-order valence-corrected chi connectivity index (χ4v) is 3.99. The van der Waals surface area contributed by atoms with Crippen LogP contribution in [0.4, 0.5) is 0 Å². The molecule has 30 heavy (non-hydrogen) atoms. The number of hydrogen-bond acceptors (Lipinski definition) is 4. The minimum atomic E-state index is -0.445. The Balaban J connectivity index is 1.91. The third-order valence-corrected chi connectivity index (χ3v) is 5.79. The number of allylic oxidation sites excluding steroid dienone is 5. The monoisotopic (exact) mass is 410 g/mol. The summed E-state index contributed by atoms with van der Waals surface area (Å²) in [5, 5.41) is 0. The predicted octanol–water partition coefficient (Wildman–Crippen LogP) is 7.09. The molecule has 4 heteroatoms. The van der Waals surface area contributed by atoms with E-state index in [0.717, 1.165) is 24.0 Å². The Morgan fingerprint density at radius 2 is 1.87 bits per heavy atom. The van der Waals surface area contributed by atoms with Crippen molar-refractivity contribution in [3.05, 3.63) is 52.7 Å². The van der Waals surface area contributed by atoms with Gasteiger partial charge < -0.3 is 4.74 Å². The highest BCUT2D eigenvalue weighted by Gasteiger charge is 2.26. The number of ether oxygens (including phenoxy) is 1. The molecule has 0 saturated carbocycles. The maximum absolute atomic E-state index is 12.1. The fourth-order valence-electron chi connectivity index (χ4n) is 3.99. The van der Waals surface area contributed by atoms with Crippen molar-refractivity contribution in [2.75, 3.05) is 6.61 Å². The molecule has 0 radical (unpaired) electrons. The van der Waals surface area contributed by atoms with E-state index in [1.165, 1.54) is 49.7 Å². The third kappa shape index (κ3) is 7.55. The molecule has 0 aliphatic heterocycles. The Kier molecular flexibility index (Phi) is 9.48. The number of hydrogen-bond donors (Lipinski definition) is 0. The average molecular weight is 411 g/mol. The highest BCUT2D eigenvalue weighted by molar-refractivity contribution is 5.85. The summed E-state index contributed by atoms with van der Waals surface area (Å²) >= 11 is 0. The molecule has 2 rings (SSSR count). The van der Waals surface area contributed by atoms with E-state index in [0.29, 0.717) is 6.61 Å². The summed E-state index contributed by atoms with van der Waals surface area (Å²) in [6, 6.07) is 0. The first-order chi connectivity index (χ1) is 14.3. The molecular weight excluding hydrogens is 372 g/mol. The molecule has 0 saturated heterocycles. The van der Waals surface area contributed by atoms with E-state index in [1.807, 2.05) is 6.08 Å². The molecule has 0 unspecified atom stereocenters. The Labute approximate surface area is 182 Å². The van der Waals surface area contributed by atoms with Crippen LogP contribution in [0.1, 0.15) is 102 Å². The van der Waals surface area contributed by atoms with Crippen molar-refractivity contribution in [2.45, 2.75) is 86.0 Å². The number of nitrogens with zero attached hydrogens (tertiary/aromatic N) is 2. The summed E-state index contributed by atoms with van der Waals surface area (Å²) in [6.07, 6.45) is 19.1. The standard InChI is InChI=1S/C26H38N2O2/c1-6-7-8-9-10-16-30-25(29)24-27-18-22(19-28-24)17-20(2)13-14-23-21(3)12-11-15-26(23,4)5/h13-14,17-19H,6-12,15-16H2,1-5H3/b14-13?,20-17+. The zero-order chi connectivity index (χ0) is 22.0. The third-order valence-electron chi connectivity index (χ3n) is 5.79. The van der Waals surface area contributed by atoms with Gasteiger partial charge in [-0.3, -0.25) is 0 Å². The lowest BCUT2D eigenvalue weighted by atomic mass is 9.72. The average Bonchev–Trinajstić information content (AvgIpc) is 2.70. The zero-order valence-electron chi connectivity index (χ0n) is 19.5. The normalized spacial score (nSPS) is 16.9. The largest absolute Gasteiger partial charge is 0.460 e. The summed E-state index contributed by atoms with van der Waals surface area (Å²) in [5.74, 6) is -0.321. The Bertz CT molecular complexity index is 786. The predicted molar refractivity (Wildman–Crippen MR) is 124 cm³/mol. The maximum atomic E-state index is 12.1. The highest BCUT2D eigenvalue weighted by Crippen LogP contribution is 2.40. The van der Waals surface area contributed by atoms with Gasteiger partial charge in [-0.2, -0.15) is 0 Å². The van der Waals surface area contributed by atoms with Crippen molar-refractivity contribution < 1.29 is 9.53 Å². The van der Waals surface area contributed by atoms with Crippen molar-refractivity contribution in [1.29, 1.82) is 0 Å². The van der Waals surface area contributed by atoms with Crippen LogP contribution in [0.25, 0.3) is 6.08 Å². The van der Waals surface area contributed by atoms with Crippen molar-refractivity contribution >= 4 is 12.0 Å². The van der Waals surface area contributed by atoms with Gasteiger partial charge in [-0.05, 0) is 56.6 Å². The van der Waals surface area contributed by atoms with E-state index in [1.54, 1.807) is 12.4 Å². The topological polar surface area (TPSA) is 52.1 Å². The molecule has 164 valence electrons. The van der Waals surface area contributed by atoms with Gasteiger partial charge >= 0.3 is 5.97 Å². The van der Waals surface area contributed by atoms with Crippen LogP contribution in [0.2, 0.25) is 0 Å². The smallest absolute Gasteiger partial charge is 0.376 e. The minimum absolute atomic E-state index is 0.124. The quantitative estimate of drug-likeness (QED) is 0.235. The van der Waals surface area contributed by atoms with Gasteiger partial charge in [-0.1, -0.05) is 69.8 Å². The van der Waals surface area contributed by atoms with E-state index < -0.39 is 5.97 Å². The Morgan fingerprint density at radius 3 is 2.53 bits per heavy atom. The zero-order valence-corrected chi connectivity index (χ0v) is 19.5. The number of carbonyl (C=O) groups excluding carboxylic acids is 1. The molecule has 0 amide bonds. The molecule has 1 aromatic rings. The second-order valence-electron chi connectivity index (χ2n) is 9.04. The van der Waals surface area contributed by atoms with Gasteiger partial charge in [0.2, 0.25) is 5.82 Å². The molecule has 0 bridgehead atoms. The first-order valence-corrected chi connectivity index (χ1v) is 11.4. The molecule has 4 nitrogen and oxygen atoms in total. The minimum Gasteiger partial charge on any atom is -0.460 e. The summed E-state index contributed by atoms with van der Waals surface area (Å²) in [7, 11) is 0. The molecule has 0 spiro atoms. The molecule has 1 aliphatic rings. The molecular formula is C26H38N2O2. The van der Waals surface area contributed by atoms with Crippen molar-refractivity contribution in [2.24, 2.45) is 5.41 Å². The van der Waals surface area contributed by atoms with Crippen LogP contribution in [0.3, 0.4) is 0 Å². The van der Waals surface area contributed by atoms with Crippen LogP contribution in [0.15, 0.2) is 41.3 Å². The van der Waals surface area contributed by atoms with E-state index in [9.17, 15) is 4.79 Å². The van der Waals surface area contributed by atoms with Crippen LogP contribution in [0, 0.1) is 5.41 Å². The lowest BCUT2D eigenvalue weighted by Crippen LogP contribution is -2.19. The second kappa shape index (κ2) is 11.8. The van der Waals surface area contributed by atoms with Gasteiger partial charge in [0.05, 0.1) is 6.61 Å². The van der Waals surface area contributed by atoms with Crippen LogP contribution < -0.4 is 0 Å².